The summed E-state index contributed by atoms with van der Waals surface area (Å²) in [6.45, 7) is 4.00. The average molecular weight is 225 g/mol. The zero-order valence-electron chi connectivity index (χ0n) is 9.03. The van der Waals surface area contributed by atoms with Crippen LogP contribution in [0.15, 0.2) is 12.1 Å². The standard InChI is InChI=1S/C8H9N3OS.C2H6/c1-10-8-11-5-2-4(9)6(12)3-7(5)13-8;1-2/h2-3,12H,9H2,1H3,(H,10,11);1-2H3. The molecule has 0 aliphatic heterocycles. The number of thiazole rings is 1. The first kappa shape index (κ1) is 11.6. The van der Waals surface area contributed by atoms with E-state index in [0.29, 0.717) is 5.69 Å². The van der Waals surface area contributed by atoms with Gasteiger partial charge < -0.3 is 16.2 Å². The number of hydrogen-bond acceptors (Lipinski definition) is 5. The zero-order valence-corrected chi connectivity index (χ0v) is 9.85. The van der Waals surface area contributed by atoms with Crippen LogP contribution in [0.5, 0.6) is 5.75 Å². The second-order valence-electron chi connectivity index (χ2n) is 2.65. The molecule has 82 valence electrons. The predicted octanol–water partition coefficient (Wildman–Crippen LogP) is 2.65. The summed E-state index contributed by atoms with van der Waals surface area (Å²) in [5, 5.41) is 13.1. The van der Waals surface area contributed by atoms with Crippen LogP contribution in [0.25, 0.3) is 10.2 Å². The van der Waals surface area contributed by atoms with E-state index in [2.05, 4.69) is 10.3 Å². The Labute approximate surface area is 92.8 Å². The summed E-state index contributed by atoms with van der Waals surface area (Å²) in [6.07, 6.45) is 0. The van der Waals surface area contributed by atoms with Crippen molar-refractivity contribution in [2.75, 3.05) is 18.1 Å². The van der Waals surface area contributed by atoms with Crippen molar-refractivity contribution in [1.29, 1.82) is 0 Å². The van der Waals surface area contributed by atoms with Gasteiger partial charge in [-0.05, 0) is 6.07 Å². The van der Waals surface area contributed by atoms with Gasteiger partial charge in [0.25, 0.3) is 0 Å². The van der Waals surface area contributed by atoms with Crippen molar-refractivity contribution in [3.05, 3.63) is 12.1 Å². The molecule has 0 atom stereocenters. The summed E-state index contributed by atoms with van der Waals surface area (Å²) in [7, 11) is 1.81. The number of hydrogen-bond donors (Lipinski definition) is 3. The van der Waals surface area contributed by atoms with Crippen LogP contribution in [0, 0.1) is 0 Å². The van der Waals surface area contributed by atoms with Crippen LogP contribution < -0.4 is 11.1 Å². The first-order valence-corrected chi connectivity index (χ1v) is 5.59. The number of aromatic nitrogens is 1. The molecule has 2 rings (SSSR count). The van der Waals surface area contributed by atoms with Crippen molar-refractivity contribution in [2.45, 2.75) is 13.8 Å². The second kappa shape index (κ2) is 4.84. The highest BCUT2D eigenvalue weighted by molar-refractivity contribution is 7.22. The minimum Gasteiger partial charge on any atom is -0.506 e. The van der Waals surface area contributed by atoms with Gasteiger partial charge in [0.05, 0.1) is 15.9 Å². The number of anilines is 2. The van der Waals surface area contributed by atoms with E-state index in [1.165, 1.54) is 11.3 Å². The molecule has 2 aromatic rings. The topological polar surface area (TPSA) is 71.2 Å². The normalized spacial score (nSPS) is 9.53. The van der Waals surface area contributed by atoms with Crippen molar-refractivity contribution < 1.29 is 5.11 Å². The highest BCUT2D eigenvalue weighted by Crippen LogP contribution is 2.32. The minimum absolute atomic E-state index is 0.110. The molecule has 0 amide bonds. The Hall–Kier alpha value is -1.49. The lowest BCUT2D eigenvalue weighted by atomic mass is 10.3. The van der Waals surface area contributed by atoms with Gasteiger partial charge in [-0.1, -0.05) is 25.2 Å². The van der Waals surface area contributed by atoms with E-state index >= 15 is 0 Å². The van der Waals surface area contributed by atoms with Crippen molar-refractivity contribution in [1.82, 2.24) is 4.98 Å². The fourth-order valence-corrected chi connectivity index (χ4v) is 1.92. The van der Waals surface area contributed by atoms with Gasteiger partial charge in [0.2, 0.25) is 0 Å². The maximum Gasteiger partial charge on any atom is 0.183 e. The van der Waals surface area contributed by atoms with Crippen LogP contribution in [0.4, 0.5) is 10.8 Å². The third-order valence-electron chi connectivity index (χ3n) is 1.75. The molecule has 0 unspecified atom stereocenters. The Kier molecular flexibility index (Phi) is 3.74. The van der Waals surface area contributed by atoms with Gasteiger partial charge in [0, 0.05) is 13.1 Å². The molecule has 0 aliphatic carbocycles. The van der Waals surface area contributed by atoms with Gasteiger partial charge >= 0.3 is 0 Å². The summed E-state index contributed by atoms with van der Waals surface area (Å²) < 4.78 is 0.927. The maximum atomic E-state index is 9.33. The van der Waals surface area contributed by atoms with E-state index in [0.717, 1.165) is 15.3 Å². The lowest BCUT2D eigenvalue weighted by molar-refractivity contribution is 0.479. The Morgan fingerprint density at radius 3 is 2.67 bits per heavy atom. The van der Waals surface area contributed by atoms with E-state index < -0.39 is 0 Å². The fourth-order valence-electron chi connectivity index (χ4n) is 1.09. The van der Waals surface area contributed by atoms with Gasteiger partial charge in [0.15, 0.2) is 5.13 Å². The molecule has 0 radical (unpaired) electrons. The summed E-state index contributed by atoms with van der Waals surface area (Å²) in [5.74, 6) is 0.110. The van der Waals surface area contributed by atoms with Crippen molar-refractivity contribution in [3.8, 4) is 5.75 Å². The largest absolute Gasteiger partial charge is 0.506 e. The third kappa shape index (κ3) is 2.30. The first-order chi connectivity index (χ1) is 7.20. The Balaban J connectivity index is 0.000000531. The van der Waals surface area contributed by atoms with E-state index in [4.69, 9.17) is 5.73 Å². The number of aromatic hydroxyl groups is 1. The molecular weight excluding hydrogens is 210 g/mol. The van der Waals surface area contributed by atoms with Gasteiger partial charge in [-0.15, -0.1) is 0 Å². The monoisotopic (exact) mass is 225 g/mol. The van der Waals surface area contributed by atoms with Crippen LogP contribution in [-0.4, -0.2) is 17.1 Å². The molecule has 0 bridgehead atoms. The lowest BCUT2D eigenvalue weighted by Gasteiger charge is -1.95. The van der Waals surface area contributed by atoms with Gasteiger partial charge in [-0.2, -0.15) is 0 Å². The molecular formula is C10H15N3OS. The minimum atomic E-state index is 0.110. The number of benzene rings is 1. The van der Waals surface area contributed by atoms with Crippen LogP contribution >= 0.6 is 11.3 Å². The van der Waals surface area contributed by atoms with E-state index in [1.54, 1.807) is 19.2 Å². The maximum absolute atomic E-state index is 9.33. The summed E-state index contributed by atoms with van der Waals surface area (Å²) in [6, 6.07) is 3.30. The molecule has 4 N–H and O–H groups in total. The predicted molar refractivity (Wildman–Crippen MR) is 66.6 cm³/mol. The SMILES string of the molecule is CC.CNc1nc2cc(N)c(O)cc2s1. The molecule has 5 heteroatoms. The number of nitrogens with one attached hydrogen (secondary N) is 1. The average Bonchev–Trinajstić information content (AvgIpc) is 2.64. The van der Waals surface area contributed by atoms with Crippen LogP contribution in [0.3, 0.4) is 0 Å². The van der Waals surface area contributed by atoms with Crippen LogP contribution in [0.1, 0.15) is 13.8 Å². The summed E-state index contributed by atoms with van der Waals surface area (Å²) in [5.41, 5.74) is 6.70. The molecule has 0 saturated heterocycles. The molecule has 1 aromatic carbocycles. The number of phenolic OH excluding ortho intramolecular Hbond substituents is 1. The number of fused-ring (bicyclic) bond motifs is 1. The highest BCUT2D eigenvalue weighted by Gasteiger charge is 2.05. The number of nitrogens with zero attached hydrogens (tertiary/aromatic N) is 1. The molecule has 0 fully saturated rings. The Morgan fingerprint density at radius 2 is 2.07 bits per heavy atom. The molecule has 0 spiro atoms. The smallest absolute Gasteiger partial charge is 0.183 e. The van der Waals surface area contributed by atoms with Crippen molar-refractivity contribution in [2.24, 2.45) is 0 Å². The molecule has 4 nitrogen and oxygen atoms in total. The van der Waals surface area contributed by atoms with E-state index in [1.807, 2.05) is 13.8 Å². The molecule has 15 heavy (non-hydrogen) atoms. The summed E-state index contributed by atoms with van der Waals surface area (Å²) in [4.78, 5) is 4.25. The Bertz CT molecular complexity index is 414. The van der Waals surface area contributed by atoms with Crippen LogP contribution in [-0.2, 0) is 0 Å². The third-order valence-corrected chi connectivity index (χ3v) is 2.79. The molecule has 1 aromatic heterocycles. The number of rotatable bonds is 1. The zero-order chi connectivity index (χ0) is 11.4. The fraction of sp³-hybridized carbons (Fsp3) is 0.300. The second-order valence-corrected chi connectivity index (χ2v) is 3.68. The molecule has 0 aliphatic rings. The molecule has 0 saturated carbocycles. The first-order valence-electron chi connectivity index (χ1n) is 4.77. The Morgan fingerprint density at radius 1 is 1.40 bits per heavy atom. The number of nitrogens with two attached hydrogens (primary N) is 1. The quantitative estimate of drug-likeness (QED) is 0.515. The number of phenols is 1. The van der Waals surface area contributed by atoms with E-state index in [9.17, 15) is 5.11 Å². The summed E-state index contributed by atoms with van der Waals surface area (Å²) >= 11 is 1.48. The molecule has 1 heterocycles. The van der Waals surface area contributed by atoms with Crippen molar-refractivity contribution >= 4 is 32.4 Å². The van der Waals surface area contributed by atoms with Gasteiger partial charge in [-0.25, -0.2) is 4.98 Å². The lowest BCUT2D eigenvalue weighted by Crippen LogP contribution is -1.86. The van der Waals surface area contributed by atoms with Gasteiger partial charge in [-0.3, -0.25) is 0 Å². The van der Waals surface area contributed by atoms with Gasteiger partial charge in [0.1, 0.15) is 5.75 Å². The highest BCUT2D eigenvalue weighted by atomic mass is 32.1. The van der Waals surface area contributed by atoms with E-state index in [-0.39, 0.29) is 5.75 Å². The van der Waals surface area contributed by atoms with Crippen molar-refractivity contribution in [3.63, 3.8) is 0 Å². The number of nitrogen functional groups attached to an aromatic ring is 1. The van der Waals surface area contributed by atoms with Crippen LogP contribution in [0.2, 0.25) is 0 Å².